The Kier molecular flexibility index (Phi) is 7.47. The highest BCUT2D eigenvalue weighted by Crippen LogP contribution is 2.32. The number of hydrogen-bond acceptors (Lipinski definition) is 8. The average molecular weight is 515 g/mol. The third-order valence-electron chi connectivity index (χ3n) is 5.19. The van der Waals surface area contributed by atoms with Gasteiger partial charge in [-0.15, -0.1) is 10.2 Å². The van der Waals surface area contributed by atoms with Crippen molar-refractivity contribution in [2.45, 2.75) is 18.1 Å². The molecule has 1 aromatic heterocycles. The molecule has 4 N–H and O–H groups in total. The topological polar surface area (TPSA) is 133 Å². The summed E-state index contributed by atoms with van der Waals surface area (Å²) in [5.74, 6) is 6.97. The number of carbonyl (C=O) groups excluding carboxylic acids is 2. The highest BCUT2D eigenvalue weighted by molar-refractivity contribution is 7.99. The molecule has 1 atom stereocenters. The van der Waals surface area contributed by atoms with Gasteiger partial charge in [0, 0.05) is 22.0 Å². The lowest BCUT2D eigenvalue weighted by Crippen LogP contribution is -2.46. The maximum absolute atomic E-state index is 12.9. The number of aromatic nitrogens is 3. The predicted molar refractivity (Wildman–Crippen MR) is 132 cm³/mol. The number of nitrogens with one attached hydrogen (secondary N) is 2. The standard InChI is InChI=1S/C23H23ClN6O4S/c1-3-34-21(31)18-17(26-22(32)27-19(18)13-7-9-16(33-2)10-8-13)12-35-23-29-28-20(30(23)25)14-5-4-6-15(24)11-14/h4-11,19H,3,12,25H2,1-2H3,(H2,26,27,32)/t19-/m1/s1. The normalized spacial score (nSPS) is 15.4. The number of amides is 2. The van der Waals surface area contributed by atoms with Crippen molar-refractivity contribution >= 4 is 35.4 Å². The van der Waals surface area contributed by atoms with Gasteiger partial charge in [-0.2, -0.15) is 0 Å². The van der Waals surface area contributed by atoms with Crippen LogP contribution < -0.4 is 21.2 Å². The molecule has 4 rings (SSSR count). The lowest BCUT2D eigenvalue weighted by molar-refractivity contribution is -0.139. The molecule has 2 aromatic carbocycles. The molecule has 0 saturated carbocycles. The van der Waals surface area contributed by atoms with E-state index in [9.17, 15) is 9.59 Å². The molecule has 0 fully saturated rings. The molecular weight excluding hydrogens is 492 g/mol. The largest absolute Gasteiger partial charge is 0.497 e. The zero-order valence-electron chi connectivity index (χ0n) is 18.9. The number of hydrogen-bond donors (Lipinski definition) is 3. The van der Waals surface area contributed by atoms with Crippen LogP contribution in [-0.4, -0.2) is 46.3 Å². The fourth-order valence-corrected chi connectivity index (χ4v) is 4.58. The van der Waals surface area contributed by atoms with Gasteiger partial charge in [0.05, 0.1) is 25.3 Å². The number of esters is 1. The van der Waals surface area contributed by atoms with Crippen LogP contribution in [-0.2, 0) is 9.53 Å². The second-order valence-corrected chi connectivity index (χ2v) is 8.77. The minimum atomic E-state index is -0.706. The fourth-order valence-electron chi connectivity index (χ4n) is 3.56. The summed E-state index contributed by atoms with van der Waals surface area (Å²) in [5.41, 5.74) is 2.10. The number of halogens is 1. The number of thioether (sulfide) groups is 1. The zero-order chi connectivity index (χ0) is 24.9. The second kappa shape index (κ2) is 10.7. The van der Waals surface area contributed by atoms with E-state index in [1.807, 2.05) is 6.07 Å². The van der Waals surface area contributed by atoms with Gasteiger partial charge >= 0.3 is 12.0 Å². The SMILES string of the molecule is CCOC(=O)C1=C(CSc2nnc(-c3cccc(Cl)c3)n2N)NC(=O)N[C@@H]1c1ccc(OC)cc1. The predicted octanol–water partition coefficient (Wildman–Crippen LogP) is 3.28. The molecule has 0 radical (unpaired) electrons. The van der Waals surface area contributed by atoms with Crippen LogP contribution in [0.4, 0.5) is 4.79 Å². The Hall–Kier alpha value is -3.70. The first-order valence-corrected chi connectivity index (χ1v) is 12.0. The van der Waals surface area contributed by atoms with Gasteiger partial charge < -0.3 is 25.9 Å². The van der Waals surface area contributed by atoms with Crippen LogP contribution in [0.25, 0.3) is 11.4 Å². The van der Waals surface area contributed by atoms with E-state index in [0.717, 1.165) is 0 Å². The molecule has 3 aromatic rings. The molecule has 0 spiro atoms. The summed E-state index contributed by atoms with van der Waals surface area (Å²) < 4.78 is 11.8. The Balaban J connectivity index is 1.65. The zero-order valence-corrected chi connectivity index (χ0v) is 20.5. The van der Waals surface area contributed by atoms with E-state index in [1.165, 1.54) is 16.4 Å². The molecule has 0 saturated heterocycles. The molecule has 182 valence electrons. The van der Waals surface area contributed by atoms with Gasteiger partial charge in [0.25, 0.3) is 0 Å². The molecular formula is C23H23ClN6O4S. The van der Waals surface area contributed by atoms with Crippen LogP contribution in [0.1, 0.15) is 18.5 Å². The summed E-state index contributed by atoms with van der Waals surface area (Å²) in [7, 11) is 1.56. The van der Waals surface area contributed by atoms with Crippen molar-refractivity contribution in [3.8, 4) is 17.1 Å². The fraction of sp³-hybridized carbons (Fsp3) is 0.217. The van der Waals surface area contributed by atoms with Crippen molar-refractivity contribution in [2.75, 3.05) is 25.3 Å². The first-order valence-electron chi connectivity index (χ1n) is 10.6. The number of carbonyl (C=O) groups is 2. The van der Waals surface area contributed by atoms with Gasteiger partial charge in [-0.05, 0) is 36.8 Å². The monoisotopic (exact) mass is 514 g/mol. The summed E-state index contributed by atoms with van der Waals surface area (Å²) in [4.78, 5) is 25.4. The van der Waals surface area contributed by atoms with Crippen molar-refractivity contribution < 1.29 is 19.1 Å². The van der Waals surface area contributed by atoms with Crippen molar-refractivity contribution in [3.63, 3.8) is 0 Å². The van der Waals surface area contributed by atoms with Gasteiger partial charge in [0.2, 0.25) is 5.16 Å². The highest BCUT2D eigenvalue weighted by Gasteiger charge is 2.34. The molecule has 10 nitrogen and oxygen atoms in total. The average Bonchev–Trinajstić information content (AvgIpc) is 3.22. The molecule has 2 heterocycles. The van der Waals surface area contributed by atoms with Gasteiger partial charge in [0.15, 0.2) is 5.82 Å². The lowest BCUT2D eigenvalue weighted by atomic mass is 9.95. The minimum absolute atomic E-state index is 0.187. The number of rotatable bonds is 8. The van der Waals surface area contributed by atoms with Crippen molar-refractivity contribution in [1.82, 2.24) is 25.5 Å². The van der Waals surface area contributed by atoms with Gasteiger partial charge in [-0.1, -0.05) is 47.6 Å². The molecule has 0 aliphatic carbocycles. The van der Waals surface area contributed by atoms with E-state index in [0.29, 0.717) is 44.2 Å². The van der Waals surface area contributed by atoms with Crippen molar-refractivity contribution in [3.05, 3.63) is 70.4 Å². The summed E-state index contributed by atoms with van der Waals surface area (Å²) >= 11 is 7.30. The van der Waals surface area contributed by atoms with Crippen molar-refractivity contribution in [2.24, 2.45) is 0 Å². The summed E-state index contributed by atoms with van der Waals surface area (Å²) in [5, 5.41) is 14.8. The third-order valence-corrected chi connectivity index (χ3v) is 6.40. The Labute approximate surface area is 210 Å². The van der Waals surface area contributed by atoms with E-state index >= 15 is 0 Å². The van der Waals surface area contributed by atoms with Crippen LogP contribution in [0.2, 0.25) is 5.02 Å². The number of methoxy groups -OCH3 is 1. The van der Waals surface area contributed by atoms with Crippen LogP contribution in [0.3, 0.4) is 0 Å². The Morgan fingerprint density at radius 1 is 1.23 bits per heavy atom. The third kappa shape index (κ3) is 5.36. The number of urea groups is 1. The van der Waals surface area contributed by atoms with E-state index < -0.39 is 18.0 Å². The maximum atomic E-state index is 12.9. The van der Waals surface area contributed by atoms with Crippen LogP contribution >= 0.6 is 23.4 Å². The number of nitrogens with zero attached hydrogens (tertiary/aromatic N) is 3. The maximum Gasteiger partial charge on any atom is 0.338 e. The summed E-state index contributed by atoms with van der Waals surface area (Å²) in [6.07, 6.45) is 0. The van der Waals surface area contributed by atoms with E-state index in [-0.39, 0.29) is 12.4 Å². The number of nitrogens with two attached hydrogens (primary N) is 1. The van der Waals surface area contributed by atoms with Crippen molar-refractivity contribution in [1.29, 1.82) is 0 Å². The quantitative estimate of drug-likeness (QED) is 0.237. The number of nitrogen functional groups attached to an aromatic ring is 1. The Morgan fingerprint density at radius 2 is 2.00 bits per heavy atom. The molecule has 12 heteroatoms. The first-order chi connectivity index (χ1) is 16.9. The number of ether oxygens (including phenoxy) is 2. The minimum Gasteiger partial charge on any atom is -0.497 e. The molecule has 1 aliphatic heterocycles. The molecule has 0 bridgehead atoms. The molecule has 1 aliphatic rings. The summed E-state index contributed by atoms with van der Waals surface area (Å²) in [6.45, 7) is 1.91. The summed E-state index contributed by atoms with van der Waals surface area (Å²) in [6, 6.07) is 13.0. The number of benzene rings is 2. The van der Waals surface area contributed by atoms with Gasteiger partial charge in [0.1, 0.15) is 5.75 Å². The molecule has 2 amide bonds. The van der Waals surface area contributed by atoms with E-state index in [2.05, 4.69) is 20.8 Å². The second-order valence-electron chi connectivity index (χ2n) is 7.39. The molecule has 35 heavy (non-hydrogen) atoms. The van der Waals surface area contributed by atoms with Gasteiger partial charge in [-0.25, -0.2) is 14.3 Å². The Morgan fingerprint density at radius 3 is 2.69 bits per heavy atom. The molecule has 0 unspecified atom stereocenters. The lowest BCUT2D eigenvalue weighted by Gasteiger charge is -2.29. The van der Waals surface area contributed by atoms with Gasteiger partial charge in [-0.3, -0.25) is 0 Å². The first kappa shape index (κ1) is 24.4. The smallest absolute Gasteiger partial charge is 0.338 e. The van der Waals surface area contributed by atoms with Crippen LogP contribution in [0, 0.1) is 0 Å². The highest BCUT2D eigenvalue weighted by atomic mass is 35.5. The van der Waals surface area contributed by atoms with Crippen LogP contribution in [0.5, 0.6) is 5.75 Å². The Bertz CT molecular complexity index is 1280. The van der Waals surface area contributed by atoms with E-state index in [1.54, 1.807) is 56.5 Å². The van der Waals surface area contributed by atoms with Crippen LogP contribution in [0.15, 0.2) is 65.0 Å². The van der Waals surface area contributed by atoms with E-state index in [4.69, 9.17) is 26.9 Å².